The van der Waals surface area contributed by atoms with Gasteiger partial charge in [0, 0.05) is 6.42 Å². The van der Waals surface area contributed by atoms with Gasteiger partial charge in [0.15, 0.2) is 5.78 Å². The Morgan fingerprint density at radius 2 is 1.77 bits per heavy atom. The summed E-state index contributed by atoms with van der Waals surface area (Å²) in [4.78, 5) is 23.7. The van der Waals surface area contributed by atoms with E-state index in [9.17, 15) is 24.9 Å². The molecule has 0 spiro atoms. The second kappa shape index (κ2) is 10.4. The number of hydrogen-bond donors (Lipinski definition) is 3. The Hall–Kier alpha value is -2.56. The van der Waals surface area contributed by atoms with Crippen LogP contribution in [0.3, 0.4) is 0 Å². The van der Waals surface area contributed by atoms with Gasteiger partial charge in [0.25, 0.3) is 0 Å². The van der Waals surface area contributed by atoms with Crippen LogP contribution in [0.15, 0.2) is 41.5 Å². The molecular weight excluding hydrogens is 332 g/mol. The van der Waals surface area contributed by atoms with Crippen LogP contribution < -0.4 is 0 Å². The molecule has 1 aromatic carbocycles. The van der Waals surface area contributed by atoms with Gasteiger partial charge in [0.2, 0.25) is 0 Å². The van der Waals surface area contributed by atoms with Gasteiger partial charge in [-0.2, -0.15) is 0 Å². The highest BCUT2D eigenvalue weighted by atomic mass is 16.4. The second-order valence-corrected chi connectivity index (χ2v) is 6.81. The SMILES string of the molecule is CC(C)=CCC/C(C)=C/CC[C@H](CC(=O)c1cc(O)ccc1O)C(=O)O. The maximum atomic E-state index is 12.3. The molecule has 142 valence electrons. The summed E-state index contributed by atoms with van der Waals surface area (Å²) in [6.07, 6.45) is 6.79. The average Bonchev–Trinajstić information content (AvgIpc) is 2.55. The molecule has 0 aliphatic rings. The fraction of sp³-hybridized carbons (Fsp3) is 0.429. The van der Waals surface area contributed by atoms with E-state index in [4.69, 9.17) is 0 Å². The van der Waals surface area contributed by atoms with Crippen LogP contribution in [0.5, 0.6) is 11.5 Å². The first kappa shape index (κ1) is 21.5. The van der Waals surface area contributed by atoms with Crippen molar-refractivity contribution in [2.45, 2.75) is 52.9 Å². The van der Waals surface area contributed by atoms with Crippen LogP contribution in [0.25, 0.3) is 0 Å². The van der Waals surface area contributed by atoms with Crippen molar-refractivity contribution in [2.75, 3.05) is 0 Å². The molecular formula is C21H28O5. The summed E-state index contributed by atoms with van der Waals surface area (Å²) in [6.45, 7) is 6.13. The van der Waals surface area contributed by atoms with E-state index in [0.29, 0.717) is 12.8 Å². The van der Waals surface area contributed by atoms with Crippen molar-refractivity contribution in [2.24, 2.45) is 5.92 Å². The predicted molar refractivity (Wildman–Crippen MR) is 102 cm³/mol. The Kier molecular flexibility index (Phi) is 8.62. The highest BCUT2D eigenvalue weighted by Gasteiger charge is 2.23. The molecule has 0 saturated heterocycles. The van der Waals surface area contributed by atoms with E-state index in [1.807, 2.05) is 13.0 Å². The summed E-state index contributed by atoms with van der Waals surface area (Å²) in [5.74, 6) is -2.75. The van der Waals surface area contributed by atoms with Gasteiger partial charge in [-0.3, -0.25) is 9.59 Å². The Bertz CT molecular complexity index is 696. The second-order valence-electron chi connectivity index (χ2n) is 6.81. The molecule has 0 aliphatic carbocycles. The zero-order valence-electron chi connectivity index (χ0n) is 15.7. The minimum Gasteiger partial charge on any atom is -0.508 e. The molecule has 5 nitrogen and oxygen atoms in total. The molecule has 0 aromatic heterocycles. The minimum atomic E-state index is -1.03. The van der Waals surface area contributed by atoms with Gasteiger partial charge in [-0.15, -0.1) is 0 Å². The minimum absolute atomic E-state index is 0.0512. The topological polar surface area (TPSA) is 94.8 Å². The first-order valence-corrected chi connectivity index (χ1v) is 8.77. The predicted octanol–water partition coefficient (Wildman–Crippen LogP) is 4.84. The number of allylic oxidation sites excluding steroid dienone is 4. The Morgan fingerprint density at radius 3 is 2.38 bits per heavy atom. The van der Waals surface area contributed by atoms with Crippen LogP contribution in [0, 0.1) is 5.92 Å². The summed E-state index contributed by atoms with van der Waals surface area (Å²) in [5, 5.41) is 28.5. The zero-order valence-corrected chi connectivity index (χ0v) is 15.7. The number of Topliss-reactive ketones (excluding diaryl/α,β-unsaturated/α-hetero) is 1. The molecule has 0 aliphatic heterocycles. The number of phenolic OH excluding ortho intramolecular Hbond substituents is 2. The summed E-state index contributed by atoms with van der Waals surface area (Å²) in [5.41, 5.74) is 2.42. The first-order valence-electron chi connectivity index (χ1n) is 8.77. The van der Waals surface area contributed by atoms with Crippen LogP contribution in [-0.2, 0) is 4.79 Å². The molecule has 0 radical (unpaired) electrons. The van der Waals surface area contributed by atoms with Crippen LogP contribution in [0.1, 0.15) is 63.2 Å². The van der Waals surface area contributed by atoms with Crippen molar-refractivity contribution < 1.29 is 24.9 Å². The Labute approximate surface area is 154 Å². The highest BCUT2D eigenvalue weighted by Crippen LogP contribution is 2.26. The van der Waals surface area contributed by atoms with E-state index >= 15 is 0 Å². The molecule has 0 bridgehead atoms. The van der Waals surface area contributed by atoms with Crippen molar-refractivity contribution in [1.82, 2.24) is 0 Å². The molecule has 0 heterocycles. The van der Waals surface area contributed by atoms with E-state index in [1.165, 1.54) is 23.3 Å². The largest absolute Gasteiger partial charge is 0.508 e. The van der Waals surface area contributed by atoms with E-state index in [2.05, 4.69) is 19.9 Å². The summed E-state index contributed by atoms with van der Waals surface area (Å²) in [7, 11) is 0. The number of phenols is 2. The molecule has 1 rings (SSSR count). The van der Waals surface area contributed by atoms with Crippen molar-refractivity contribution in [3.05, 3.63) is 47.1 Å². The molecule has 0 fully saturated rings. The maximum absolute atomic E-state index is 12.3. The molecule has 3 N–H and O–H groups in total. The van der Waals surface area contributed by atoms with Crippen LogP contribution in [0.2, 0.25) is 0 Å². The van der Waals surface area contributed by atoms with Crippen molar-refractivity contribution >= 4 is 11.8 Å². The maximum Gasteiger partial charge on any atom is 0.306 e. The lowest BCUT2D eigenvalue weighted by atomic mass is 9.93. The summed E-state index contributed by atoms with van der Waals surface area (Å²) >= 11 is 0. The number of carboxylic acid groups (broad SMARTS) is 1. The lowest BCUT2D eigenvalue weighted by Crippen LogP contribution is -2.18. The van der Waals surface area contributed by atoms with Crippen LogP contribution >= 0.6 is 0 Å². The van der Waals surface area contributed by atoms with Gasteiger partial charge in [-0.1, -0.05) is 23.3 Å². The zero-order chi connectivity index (χ0) is 19.7. The van der Waals surface area contributed by atoms with Gasteiger partial charge in [-0.25, -0.2) is 0 Å². The lowest BCUT2D eigenvalue weighted by Gasteiger charge is -2.11. The molecule has 0 saturated carbocycles. The number of rotatable bonds is 10. The molecule has 1 atom stereocenters. The van der Waals surface area contributed by atoms with Crippen molar-refractivity contribution in [3.8, 4) is 11.5 Å². The number of benzene rings is 1. The third kappa shape index (κ3) is 7.55. The number of ketones is 1. The number of carbonyl (C=O) groups excluding carboxylic acids is 1. The smallest absolute Gasteiger partial charge is 0.306 e. The number of aromatic hydroxyl groups is 2. The van der Waals surface area contributed by atoms with Crippen molar-refractivity contribution in [1.29, 1.82) is 0 Å². The van der Waals surface area contributed by atoms with Gasteiger partial charge < -0.3 is 15.3 Å². The van der Waals surface area contributed by atoms with Gasteiger partial charge in [0.05, 0.1) is 11.5 Å². The van der Waals surface area contributed by atoms with Crippen molar-refractivity contribution in [3.63, 3.8) is 0 Å². The number of carbonyl (C=O) groups is 2. The summed E-state index contributed by atoms with van der Waals surface area (Å²) in [6, 6.07) is 3.64. The molecule has 0 amide bonds. The van der Waals surface area contributed by atoms with Crippen LogP contribution in [0.4, 0.5) is 0 Å². The van der Waals surface area contributed by atoms with E-state index in [-0.39, 0.29) is 23.5 Å². The standard InChI is InChI=1S/C21H28O5/c1-14(2)6-4-7-15(3)8-5-9-16(21(25)26)12-20(24)18-13-17(22)10-11-19(18)23/h6,8,10-11,13,16,22-23H,4-5,7,9,12H2,1-3H3,(H,25,26)/b15-8+/t16-/m1/s1. The molecule has 26 heavy (non-hydrogen) atoms. The average molecular weight is 360 g/mol. The van der Waals surface area contributed by atoms with Gasteiger partial charge >= 0.3 is 5.97 Å². The van der Waals surface area contributed by atoms with E-state index in [0.717, 1.165) is 18.9 Å². The van der Waals surface area contributed by atoms with Gasteiger partial charge in [-0.05, 0) is 64.7 Å². The van der Waals surface area contributed by atoms with Crippen LogP contribution in [-0.4, -0.2) is 27.1 Å². The highest BCUT2D eigenvalue weighted by molar-refractivity contribution is 6.00. The Morgan fingerprint density at radius 1 is 1.08 bits per heavy atom. The lowest BCUT2D eigenvalue weighted by molar-refractivity contribution is -0.141. The number of carboxylic acids is 1. The molecule has 5 heteroatoms. The molecule has 0 unspecified atom stereocenters. The van der Waals surface area contributed by atoms with E-state index in [1.54, 1.807) is 0 Å². The fourth-order valence-corrected chi connectivity index (χ4v) is 2.62. The number of hydrogen-bond acceptors (Lipinski definition) is 4. The third-order valence-corrected chi connectivity index (χ3v) is 4.16. The summed E-state index contributed by atoms with van der Waals surface area (Å²) < 4.78 is 0. The third-order valence-electron chi connectivity index (χ3n) is 4.16. The molecule has 1 aromatic rings. The Balaban J connectivity index is 2.64. The first-order chi connectivity index (χ1) is 12.2. The quantitative estimate of drug-likeness (QED) is 0.315. The monoisotopic (exact) mass is 360 g/mol. The normalized spacial score (nSPS) is 12.5. The van der Waals surface area contributed by atoms with E-state index < -0.39 is 17.7 Å². The van der Waals surface area contributed by atoms with Gasteiger partial charge in [0.1, 0.15) is 11.5 Å². The number of aliphatic carboxylic acids is 1. The fourth-order valence-electron chi connectivity index (χ4n) is 2.62.